The van der Waals surface area contributed by atoms with Crippen LogP contribution in [0, 0.1) is 5.82 Å². The van der Waals surface area contributed by atoms with Crippen molar-refractivity contribution in [2.75, 3.05) is 38.7 Å². The number of benzene rings is 4. The summed E-state index contributed by atoms with van der Waals surface area (Å²) in [5.41, 5.74) is 1.54. The molecule has 0 aliphatic heterocycles. The Morgan fingerprint density at radius 2 is 1.51 bits per heavy atom. The van der Waals surface area contributed by atoms with Crippen molar-refractivity contribution in [2.24, 2.45) is 0 Å². The molecule has 1 atom stereocenters. The molecule has 10 nitrogen and oxygen atoms in total. The Morgan fingerprint density at radius 3 is 2.16 bits per heavy atom. The van der Waals surface area contributed by atoms with Crippen molar-refractivity contribution in [2.45, 2.75) is 43.7 Å². The van der Waals surface area contributed by atoms with Gasteiger partial charge < -0.3 is 24.4 Å². The standard InChI is InChI=1S/C37H42FN3O7S/c1-5-6-21-39-37(43)33(23-27-11-8-7-9-12-27)40(25-28-13-10-14-31(22-28)46-2)36(42)26-41(30-17-15-29(38)16-18-30)49(44,45)32-19-20-34(47-3)35(24-32)48-4/h7-20,22,24,33H,5-6,21,23,25-26H2,1-4H3,(H,39,43)/t33-/m0/s1. The van der Waals surface area contributed by atoms with Crippen LogP contribution in [0.25, 0.3) is 0 Å². The number of hydrogen-bond donors (Lipinski definition) is 1. The molecule has 4 aromatic rings. The van der Waals surface area contributed by atoms with Crippen molar-refractivity contribution in [1.29, 1.82) is 0 Å². The van der Waals surface area contributed by atoms with Gasteiger partial charge in [-0.1, -0.05) is 55.8 Å². The largest absolute Gasteiger partial charge is 0.497 e. The lowest BCUT2D eigenvalue weighted by molar-refractivity contribution is -0.140. The highest BCUT2D eigenvalue weighted by atomic mass is 32.2. The van der Waals surface area contributed by atoms with Gasteiger partial charge in [-0.05, 0) is 66.1 Å². The third-order valence-corrected chi connectivity index (χ3v) is 9.69. The van der Waals surface area contributed by atoms with Crippen LogP contribution in [0.5, 0.6) is 17.2 Å². The number of unbranched alkanes of at least 4 members (excludes halogenated alkanes) is 1. The van der Waals surface area contributed by atoms with E-state index in [-0.39, 0.29) is 35.2 Å². The fraction of sp³-hybridized carbons (Fsp3) is 0.297. The van der Waals surface area contributed by atoms with E-state index in [1.54, 1.807) is 24.3 Å². The van der Waals surface area contributed by atoms with Gasteiger partial charge in [0, 0.05) is 25.6 Å². The molecule has 0 aromatic heterocycles. The lowest BCUT2D eigenvalue weighted by atomic mass is 10.0. The average Bonchev–Trinajstić information content (AvgIpc) is 3.12. The van der Waals surface area contributed by atoms with Gasteiger partial charge in [0.25, 0.3) is 10.0 Å². The first-order valence-electron chi connectivity index (χ1n) is 15.9. The minimum Gasteiger partial charge on any atom is -0.497 e. The summed E-state index contributed by atoms with van der Waals surface area (Å²) in [6, 6.07) is 24.3. The quantitative estimate of drug-likeness (QED) is 0.143. The molecule has 0 saturated heterocycles. The predicted octanol–water partition coefficient (Wildman–Crippen LogP) is 5.60. The molecule has 2 amide bonds. The molecular formula is C37H42FN3O7S. The lowest BCUT2D eigenvalue weighted by Crippen LogP contribution is -2.53. The van der Waals surface area contributed by atoms with Gasteiger partial charge in [0.1, 0.15) is 24.2 Å². The summed E-state index contributed by atoms with van der Waals surface area (Å²) < 4.78 is 59.6. The molecule has 0 aliphatic carbocycles. The van der Waals surface area contributed by atoms with Crippen LogP contribution in [0.15, 0.2) is 102 Å². The Hall–Kier alpha value is -5.10. The van der Waals surface area contributed by atoms with E-state index < -0.39 is 34.3 Å². The number of rotatable bonds is 17. The van der Waals surface area contributed by atoms with E-state index in [0.29, 0.717) is 23.6 Å². The molecule has 0 radical (unpaired) electrons. The minimum absolute atomic E-state index is 0.0254. The minimum atomic E-state index is -4.45. The molecular weight excluding hydrogens is 649 g/mol. The van der Waals surface area contributed by atoms with E-state index in [4.69, 9.17) is 14.2 Å². The van der Waals surface area contributed by atoms with Crippen molar-refractivity contribution >= 4 is 27.5 Å². The molecule has 49 heavy (non-hydrogen) atoms. The Kier molecular flexibility index (Phi) is 13.0. The molecule has 4 aromatic carbocycles. The second-order valence-corrected chi connectivity index (χ2v) is 13.1. The zero-order valence-electron chi connectivity index (χ0n) is 28.1. The molecule has 0 aliphatic rings. The Labute approximate surface area is 287 Å². The van der Waals surface area contributed by atoms with E-state index in [2.05, 4.69) is 5.32 Å². The average molecular weight is 692 g/mol. The van der Waals surface area contributed by atoms with Crippen LogP contribution in [-0.4, -0.2) is 65.6 Å². The maximum Gasteiger partial charge on any atom is 0.264 e. The molecule has 0 fully saturated rings. The van der Waals surface area contributed by atoms with Gasteiger partial charge in [0.05, 0.1) is 31.9 Å². The van der Waals surface area contributed by atoms with Gasteiger partial charge in [-0.25, -0.2) is 12.8 Å². The number of carbonyl (C=O) groups excluding carboxylic acids is 2. The number of halogens is 1. The summed E-state index contributed by atoms with van der Waals surface area (Å²) >= 11 is 0. The fourth-order valence-corrected chi connectivity index (χ4v) is 6.70. The number of nitrogens with one attached hydrogen (secondary N) is 1. The number of sulfonamides is 1. The van der Waals surface area contributed by atoms with E-state index >= 15 is 0 Å². The summed E-state index contributed by atoms with van der Waals surface area (Å²) in [4.78, 5) is 29.7. The molecule has 4 rings (SSSR count). The number of methoxy groups -OCH3 is 3. The van der Waals surface area contributed by atoms with Gasteiger partial charge in [-0.2, -0.15) is 0 Å². The predicted molar refractivity (Wildman–Crippen MR) is 186 cm³/mol. The highest BCUT2D eigenvalue weighted by molar-refractivity contribution is 7.92. The Morgan fingerprint density at radius 1 is 0.816 bits per heavy atom. The summed E-state index contributed by atoms with van der Waals surface area (Å²) in [6.07, 6.45) is 1.78. The second kappa shape index (κ2) is 17.3. The molecule has 12 heteroatoms. The first-order valence-corrected chi connectivity index (χ1v) is 17.3. The molecule has 1 N–H and O–H groups in total. The normalized spacial score (nSPS) is 11.7. The third kappa shape index (κ3) is 9.50. The smallest absolute Gasteiger partial charge is 0.264 e. The van der Waals surface area contributed by atoms with E-state index in [1.165, 1.54) is 56.6 Å². The summed E-state index contributed by atoms with van der Waals surface area (Å²) in [6.45, 7) is 1.70. The van der Waals surface area contributed by atoms with Crippen LogP contribution in [-0.2, 0) is 32.6 Å². The van der Waals surface area contributed by atoms with Crippen LogP contribution in [0.2, 0.25) is 0 Å². The van der Waals surface area contributed by atoms with Crippen molar-refractivity contribution in [1.82, 2.24) is 10.2 Å². The Bertz CT molecular complexity index is 1800. The molecule has 0 heterocycles. The molecule has 0 bridgehead atoms. The zero-order chi connectivity index (χ0) is 35.4. The maximum absolute atomic E-state index is 14.6. The van der Waals surface area contributed by atoms with Crippen LogP contribution in [0.1, 0.15) is 30.9 Å². The highest BCUT2D eigenvalue weighted by Gasteiger charge is 2.35. The number of ether oxygens (including phenoxy) is 3. The number of amides is 2. The number of hydrogen-bond acceptors (Lipinski definition) is 7. The van der Waals surface area contributed by atoms with Crippen LogP contribution >= 0.6 is 0 Å². The Balaban J connectivity index is 1.82. The fourth-order valence-electron chi connectivity index (χ4n) is 5.27. The topological polar surface area (TPSA) is 114 Å². The van der Waals surface area contributed by atoms with Gasteiger partial charge in [-0.3, -0.25) is 13.9 Å². The van der Waals surface area contributed by atoms with Crippen molar-refractivity contribution in [3.8, 4) is 17.2 Å². The molecule has 0 saturated carbocycles. The molecule has 260 valence electrons. The first kappa shape index (κ1) is 36.7. The van der Waals surface area contributed by atoms with Crippen molar-refractivity contribution in [3.63, 3.8) is 0 Å². The maximum atomic E-state index is 14.6. The van der Waals surface area contributed by atoms with Crippen LogP contribution in [0.3, 0.4) is 0 Å². The molecule has 0 spiro atoms. The SMILES string of the molecule is CCCCNC(=O)[C@H](Cc1ccccc1)N(Cc1cccc(OC)c1)C(=O)CN(c1ccc(F)cc1)S(=O)(=O)c1ccc(OC)c(OC)c1. The van der Waals surface area contributed by atoms with Gasteiger partial charge >= 0.3 is 0 Å². The van der Waals surface area contributed by atoms with Crippen molar-refractivity contribution < 1.29 is 36.6 Å². The van der Waals surface area contributed by atoms with E-state index in [9.17, 15) is 22.4 Å². The lowest BCUT2D eigenvalue weighted by Gasteiger charge is -2.34. The van der Waals surface area contributed by atoms with Gasteiger partial charge in [-0.15, -0.1) is 0 Å². The number of carbonyl (C=O) groups is 2. The first-order chi connectivity index (χ1) is 23.6. The van der Waals surface area contributed by atoms with Crippen molar-refractivity contribution in [3.05, 3.63) is 114 Å². The third-order valence-electron chi connectivity index (χ3n) is 7.92. The second-order valence-electron chi connectivity index (χ2n) is 11.2. The summed E-state index contributed by atoms with van der Waals surface area (Å²) in [5, 5.41) is 2.96. The zero-order valence-corrected chi connectivity index (χ0v) is 28.9. The van der Waals surface area contributed by atoms with E-state index in [0.717, 1.165) is 34.8 Å². The summed E-state index contributed by atoms with van der Waals surface area (Å²) in [5.74, 6) is -0.563. The monoisotopic (exact) mass is 691 g/mol. The van der Waals surface area contributed by atoms with Crippen LogP contribution < -0.4 is 23.8 Å². The van der Waals surface area contributed by atoms with Gasteiger partial charge in [0.15, 0.2) is 11.5 Å². The number of nitrogens with zero attached hydrogens (tertiary/aromatic N) is 2. The van der Waals surface area contributed by atoms with Crippen LogP contribution in [0.4, 0.5) is 10.1 Å². The molecule has 0 unspecified atom stereocenters. The highest BCUT2D eigenvalue weighted by Crippen LogP contribution is 2.32. The van der Waals surface area contributed by atoms with Gasteiger partial charge in [0.2, 0.25) is 11.8 Å². The van der Waals surface area contributed by atoms with E-state index in [1.807, 2.05) is 37.3 Å². The number of anilines is 1. The summed E-state index contributed by atoms with van der Waals surface area (Å²) in [7, 11) is -0.116.